The normalized spacial score (nSPS) is 10.5. The highest BCUT2D eigenvalue weighted by atomic mass is 79.9. The van der Waals surface area contributed by atoms with Crippen LogP contribution in [-0.4, -0.2) is 11.0 Å². The minimum atomic E-state index is -0.104. The van der Waals surface area contributed by atoms with Gasteiger partial charge in [-0.15, -0.1) is 0 Å². The average Bonchev–Trinajstić information content (AvgIpc) is 2.94. The molecular formula is C16H17BrN2O2S. The van der Waals surface area contributed by atoms with Gasteiger partial charge in [-0.1, -0.05) is 41.9 Å². The van der Waals surface area contributed by atoms with Crippen LogP contribution < -0.4 is 10.6 Å². The summed E-state index contributed by atoms with van der Waals surface area (Å²) in [4.78, 5) is 11.5. The molecule has 22 heavy (non-hydrogen) atoms. The van der Waals surface area contributed by atoms with E-state index in [1.165, 1.54) is 0 Å². The molecule has 0 aliphatic carbocycles. The van der Waals surface area contributed by atoms with Crippen LogP contribution in [0.2, 0.25) is 0 Å². The Morgan fingerprint density at radius 1 is 1.23 bits per heavy atom. The summed E-state index contributed by atoms with van der Waals surface area (Å²) in [5, 5.41) is 5.89. The topological polar surface area (TPSA) is 54.3 Å². The number of halogens is 1. The van der Waals surface area contributed by atoms with Gasteiger partial charge in [-0.3, -0.25) is 4.79 Å². The van der Waals surface area contributed by atoms with Gasteiger partial charge in [0.2, 0.25) is 5.91 Å². The van der Waals surface area contributed by atoms with E-state index in [0.29, 0.717) is 11.7 Å². The fourth-order valence-electron chi connectivity index (χ4n) is 1.71. The first-order chi connectivity index (χ1) is 10.5. The van der Waals surface area contributed by atoms with Crippen molar-refractivity contribution >= 4 is 39.2 Å². The number of carbonyl (C=O) groups is 1. The van der Waals surface area contributed by atoms with Crippen molar-refractivity contribution < 1.29 is 9.21 Å². The van der Waals surface area contributed by atoms with Gasteiger partial charge in [0.1, 0.15) is 11.5 Å². The van der Waals surface area contributed by atoms with Gasteiger partial charge < -0.3 is 15.1 Å². The zero-order chi connectivity index (χ0) is 16.1. The number of amides is 1. The van der Waals surface area contributed by atoms with E-state index < -0.39 is 0 Å². The van der Waals surface area contributed by atoms with E-state index in [1.54, 1.807) is 0 Å². The van der Waals surface area contributed by atoms with Crippen LogP contribution in [-0.2, 0) is 11.3 Å². The number of furan rings is 1. The summed E-state index contributed by atoms with van der Waals surface area (Å²) in [5.74, 6) is 1.33. The molecule has 1 heterocycles. The highest BCUT2D eigenvalue weighted by molar-refractivity contribution is 9.10. The molecule has 1 aromatic carbocycles. The zero-order valence-electron chi connectivity index (χ0n) is 12.4. The minimum absolute atomic E-state index is 0.104. The fraction of sp³-hybridized carbons (Fsp3) is 0.250. The molecule has 0 bridgehead atoms. The predicted molar refractivity (Wildman–Crippen MR) is 94.3 cm³/mol. The van der Waals surface area contributed by atoms with Crippen molar-refractivity contribution in [1.29, 1.82) is 0 Å². The minimum Gasteiger partial charge on any atom is -0.459 e. The van der Waals surface area contributed by atoms with Crippen molar-refractivity contribution in [2.45, 2.75) is 20.4 Å². The molecule has 0 saturated heterocycles. The molecule has 0 fully saturated rings. The molecule has 0 spiro atoms. The number of rotatable bonds is 4. The zero-order valence-corrected chi connectivity index (χ0v) is 14.8. The molecular weight excluding hydrogens is 364 g/mol. The Labute approximate surface area is 143 Å². The van der Waals surface area contributed by atoms with Gasteiger partial charge in [-0.2, -0.15) is 0 Å². The predicted octanol–water partition coefficient (Wildman–Crippen LogP) is 3.86. The van der Waals surface area contributed by atoms with Crippen LogP contribution in [0.3, 0.4) is 0 Å². The van der Waals surface area contributed by atoms with Crippen LogP contribution >= 0.6 is 28.1 Å². The molecule has 2 N–H and O–H groups in total. The standard InChI is InChI=1S/C16H17BrN2O2S/c1-10(2)15(20)19-16(22)18-9-13-7-8-14(21-13)11-3-5-12(17)6-4-11/h3-8,10H,9H2,1-2H3,(H2,18,19,20,22). The Hall–Kier alpha value is -1.66. The fourth-order valence-corrected chi connectivity index (χ4v) is 2.15. The second kappa shape index (κ2) is 7.56. The largest absolute Gasteiger partial charge is 0.459 e. The maximum absolute atomic E-state index is 11.5. The molecule has 4 nitrogen and oxygen atoms in total. The van der Waals surface area contributed by atoms with Crippen LogP contribution in [0, 0.1) is 5.92 Å². The summed E-state index contributed by atoms with van der Waals surface area (Å²) in [7, 11) is 0. The third-order valence-corrected chi connectivity index (χ3v) is 3.75. The summed E-state index contributed by atoms with van der Waals surface area (Å²) in [6.07, 6.45) is 0. The molecule has 2 aromatic rings. The molecule has 0 aliphatic rings. The number of hydrogen-bond donors (Lipinski definition) is 2. The summed E-state index contributed by atoms with van der Waals surface area (Å²) in [5.41, 5.74) is 1.00. The van der Waals surface area contributed by atoms with Crippen molar-refractivity contribution in [1.82, 2.24) is 10.6 Å². The van der Waals surface area contributed by atoms with Gasteiger partial charge in [0.25, 0.3) is 0 Å². The number of hydrogen-bond acceptors (Lipinski definition) is 3. The van der Waals surface area contributed by atoms with Crippen LogP contribution in [0.15, 0.2) is 45.3 Å². The lowest BCUT2D eigenvalue weighted by Gasteiger charge is -2.09. The molecule has 116 valence electrons. The molecule has 0 atom stereocenters. The summed E-state index contributed by atoms with van der Waals surface area (Å²) >= 11 is 8.48. The average molecular weight is 381 g/mol. The number of benzene rings is 1. The smallest absolute Gasteiger partial charge is 0.228 e. The van der Waals surface area contributed by atoms with Crippen LogP contribution in [0.4, 0.5) is 0 Å². The van der Waals surface area contributed by atoms with E-state index in [4.69, 9.17) is 16.6 Å². The molecule has 0 radical (unpaired) electrons. The Morgan fingerprint density at radius 2 is 1.91 bits per heavy atom. The molecule has 2 rings (SSSR count). The first-order valence-electron chi connectivity index (χ1n) is 6.89. The van der Waals surface area contributed by atoms with Gasteiger partial charge in [-0.05, 0) is 36.5 Å². The third-order valence-electron chi connectivity index (χ3n) is 2.97. The van der Waals surface area contributed by atoms with E-state index >= 15 is 0 Å². The summed E-state index contributed by atoms with van der Waals surface area (Å²) < 4.78 is 6.79. The first-order valence-corrected chi connectivity index (χ1v) is 8.09. The quantitative estimate of drug-likeness (QED) is 0.790. The Morgan fingerprint density at radius 3 is 2.55 bits per heavy atom. The molecule has 0 aliphatic heterocycles. The number of thiocarbonyl (C=S) groups is 1. The highest BCUT2D eigenvalue weighted by Crippen LogP contribution is 2.23. The lowest BCUT2D eigenvalue weighted by molar-refractivity contribution is -0.122. The second-order valence-corrected chi connectivity index (χ2v) is 6.42. The number of carbonyl (C=O) groups excluding carboxylic acids is 1. The van der Waals surface area contributed by atoms with E-state index in [9.17, 15) is 4.79 Å². The van der Waals surface area contributed by atoms with Gasteiger partial charge in [0, 0.05) is 16.0 Å². The maximum atomic E-state index is 11.5. The summed E-state index contributed by atoms with van der Waals surface area (Å²) in [6.45, 7) is 4.05. The van der Waals surface area contributed by atoms with Crippen LogP contribution in [0.1, 0.15) is 19.6 Å². The van der Waals surface area contributed by atoms with Gasteiger partial charge in [-0.25, -0.2) is 0 Å². The number of nitrogens with one attached hydrogen (secondary N) is 2. The van der Waals surface area contributed by atoms with Crippen molar-refractivity contribution in [3.05, 3.63) is 46.6 Å². The Bertz CT molecular complexity index is 665. The Kier molecular flexibility index (Phi) is 5.74. The second-order valence-electron chi connectivity index (χ2n) is 5.10. The lowest BCUT2D eigenvalue weighted by Crippen LogP contribution is -2.40. The molecule has 0 unspecified atom stereocenters. The molecule has 1 aromatic heterocycles. The highest BCUT2D eigenvalue weighted by Gasteiger charge is 2.09. The Balaban J connectivity index is 1.91. The molecule has 6 heteroatoms. The molecule has 1 amide bonds. The van der Waals surface area contributed by atoms with Crippen LogP contribution in [0.5, 0.6) is 0 Å². The van der Waals surface area contributed by atoms with Crippen molar-refractivity contribution in [3.63, 3.8) is 0 Å². The van der Waals surface area contributed by atoms with Crippen molar-refractivity contribution in [3.8, 4) is 11.3 Å². The van der Waals surface area contributed by atoms with E-state index in [-0.39, 0.29) is 11.8 Å². The van der Waals surface area contributed by atoms with Crippen molar-refractivity contribution in [2.24, 2.45) is 5.92 Å². The lowest BCUT2D eigenvalue weighted by atomic mass is 10.2. The maximum Gasteiger partial charge on any atom is 0.228 e. The van der Waals surface area contributed by atoms with Crippen LogP contribution in [0.25, 0.3) is 11.3 Å². The summed E-state index contributed by atoms with van der Waals surface area (Å²) in [6, 6.07) is 11.7. The van der Waals surface area contributed by atoms with E-state index in [0.717, 1.165) is 21.6 Å². The molecule has 0 saturated carbocycles. The SMILES string of the molecule is CC(C)C(=O)NC(=S)NCc1ccc(-c2ccc(Br)cc2)o1. The van der Waals surface area contributed by atoms with Crippen molar-refractivity contribution in [2.75, 3.05) is 0 Å². The van der Waals surface area contributed by atoms with Gasteiger partial charge in [0.05, 0.1) is 6.54 Å². The first kappa shape index (κ1) is 16.7. The third kappa shape index (κ3) is 4.68. The van der Waals surface area contributed by atoms with Gasteiger partial charge >= 0.3 is 0 Å². The van der Waals surface area contributed by atoms with E-state index in [1.807, 2.05) is 50.2 Å². The van der Waals surface area contributed by atoms with Gasteiger partial charge in [0.15, 0.2) is 5.11 Å². The monoisotopic (exact) mass is 380 g/mol. The van der Waals surface area contributed by atoms with E-state index in [2.05, 4.69) is 26.6 Å².